The van der Waals surface area contributed by atoms with Gasteiger partial charge in [0.2, 0.25) is 5.91 Å². The zero-order valence-electron chi connectivity index (χ0n) is 11.5. The lowest BCUT2D eigenvalue weighted by atomic mass is 10.0. The van der Waals surface area contributed by atoms with Gasteiger partial charge < -0.3 is 10.2 Å². The average molecular weight is 270 g/mol. The maximum absolute atomic E-state index is 12.2. The Hall–Kier alpha value is -0.220. The molecular formula is C14H26N2OS. The highest BCUT2D eigenvalue weighted by atomic mass is 32.2. The third kappa shape index (κ3) is 4.47. The Morgan fingerprint density at radius 2 is 2.00 bits per heavy atom. The molecule has 1 N–H and O–H groups in total. The Morgan fingerprint density at radius 3 is 2.78 bits per heavy atom. The lowest BCUT2D eigenvalue weighted by Crippen LogP contribution is -2.35. The number of hydrogen-bond acceptors (Lipinski definition) is 3. The van der Waals surface area contributed by atoms with Crippen molar-refractivity contribution in [2.24, 2.45) is 5.92 Å². The molecule has 2 aliphatic heterocycles. The Bertz CT molecular complexity index is 267. The second-order valence-electron chi connectivity index (χ2n) is 5.68. The van der Waals surface area contributed by atoms with E-state index in [4.69, 9.17) is 0 Å². The van der Waals surface area contributed by atoms with Crippen LogP contribution in [0.5, 0.6) is 0 Å². The molecule has 3 nitrogen and oxygen atoms in total. The first-order valence-electron chi connectivity index (χ1n) is 7.36. The van der Waals surface area contributed by atoms with E-state index < -0.39 is 0 Å². The van der Waals surface area contributed by atoms with E-state index in [1.165, 1.54) is 32.1 Å². The Labute approximate surface area is 115 Å². The van der Waals surface area contributed by atoms with Gasteiger partial charge in [-0.05, 0) is 51.1 Å². The van der Waals surface area contributed by atoms with Gasteiger partial charge in [0.1, 0.15) is 0 Å². The molecule has 0 saturated carbocycles. The van der Waals surface area contributed by atoms with E-state index in [-0.39, 0.29) is 0 Å². The van der Waals surface area contributed by atoms with E-state index in [0.29, 0.717) is 16.9 Å². The van der Waals surface area contributed by atoms with Crippen molar-refractivity contribution in [3.8, 4) is 0 Å². The van der Waals surface area contributed by atoms with Crippen molar-refractivity contribution in [3.05, 3.63) is 0 Å². The SMILES string of the molecule is CC1CCCN(C(=O)CSC2CCNCC2)CC1. The Balaban J connectivity index is 1.69. The van der Waals surface area contributed by atoms with Crippen LogP contribution < -0.4 is 5.32 Å². The summed E-state index contributed by atoms with van der Waals surface area (Å²) in [5.74, 6) is 1.85. The molecule has 0 radical (unpaired) electrons. The van der Waals surface area contributed by atoms with Gasteiger partial charge in [-0.2, -0.15) is 0 Å². The van der Waals surface area contributed by atoms with Crippen molar-refractivity contribution in [3.63, 3.8) is 0 Å². The normalized spacial score (nSPS) is 26.9. The monoisotopic (exact) mass is 270 g/mol. The summed E-state index contributed by atoms with van der Waals surface area (Å²) in [4.78, 5) is 14.3. The molecule has 2 saturated heterocycles. The van der Waals surface area contributed by atoms with E-state index in [1.54, 1.807) is 0 Å². The molecule has 0 aromatic rings. The van der Waals surface area contributed by atoms with Crippen LogP contribution in [0.3, 0.4) is 0 Å². The highest BCUT2D eigenvalue weighted by molar-refractivity contribution is 8.00. The number of hydrogen-bond donors (Lipinski definition) is 1. The molecule has 4 heteroatoms. The second-order valence-corrected chi connectivity index (χ2v) is 6.97. The van der Waals surface area contributed by atoms with Gasteiger partial charge in [-0.3, -0.25) is 4.79 Å². The van der Waals surface area contributed by atoms with Crippen molar-refractivity contribution in [2.75, 3.05) is 31.9 Å². The second kappa shape index (κ2) is 7.39. The molecule has 1 amide bonds. The lowest BCUT2D eigenvalue weighted by Gasteiger charge is -2.24. The summed E-state index contributed by atoms with van der Waals surface area (Å²) in [6.07, 6.45) is 6.09. The molecule has 104 valence electrons. The largest absolute Gasteiger partial charge is 0.342 e. The number of nitrogens with one attached hydrogen (secondary N) is 1. The van der Waals surface area contributed by atoms with Gasteiger partial charge in [-0.25, -0.2) is 0 Å². The lowest BCUT2D eigenvalue weighted by molar-refractivity contribution is -0.128. The molecule has 2 aliphatic rings. The minimum absolute atomic E-state index is 0.368. The third-order valence-corrected chi connectivity index (χ3v) is 5.45. The molecule has 2 rings (SSSR count). The maximum atomic E-state index is 12.2. The van der Waals surface area contributed by atoms with Crippen LogP contribution in [-0.4, -0.2) is 48.0 Å². The minimum atomic E-state index is 0.368. The van der Waals surface area contributed by atoms with E-state index in [0.717, 1.165) is 32.1 Å². The van der Waals surface area contributed by atoms with Gasteiger partial charge in [0.05, 0.1) is 5.75 Å². The molecular weight excluding hydrogens is 244 g/mol. The molecule has 2 fully saturated rings. The Kier molecular flexibility index (Phi) is 5.83. The van der Waals surface area contributed by atoms with Crippen LogP contribution in [-0.2, 0) is 4.79 Å². The summed E-state index contributed by atoms with van der Waals surface area (Å²) in [6.45, 7) is 6.50. The van der Waals surface area contributed by atoms with Crippen molar-refractivity contribution in [2.45, 2.75) is 44.3 Å². The van der Waals surface area contributed by atoms with E-state index in [9.17, 15) is 4.79 Å². The van der Waals surface area contributed by atoms with E-state index in [2.05, 4.69) is 17.1 Å². The molecule has 0 bridgehead atoms. The fraction of sp³-hybridized carbons (Fsp3) is 0.929. The van der Waals surface area contributed by atoms with Crippen LogP contribution in [0, 0.1) is 5.92 Å². The predicted molar refractivity (Wildman–Crippen MR) is 77.9 cm³/mol. The van der Waals surface area contributed by atoms with Gasteiger partial charge in [0.25, 0.3) is 0 Å². The van der Waals surface area contributed by atoms with Crippen LogP contribution in [0.4, 0.5) is 0 Å². The first kappa shape index (κ1) is 14.2. The molecule has 0 aromatic carbocycles. The number of piperidine rings is 1. The highest BCUT2D eigenvalue weighted by Crippen LogP contribution is 2.22. The molecule has 2 heterocycles. The molecule has 1 unspecified atom stereocenters. The number of likely N-dealkylation sites (tertiary alicyclic amines) is 1. The summed E-state index contributed by atoms with van der Waals surface area (Å²) in [7, 11) is 0. The number of carbonyl (C=O) groups excluding carboxylic acids is 1. The van der Waals surface area contributed by atoms with Gasteiger partial charge in [0, 0.05) is 18.3 Å². The van der Waals surface area contributed by atoms with Crippen molar-refractivity contribution < 1.29 is 4.79 Å². The van der Waals surface area contributed by atoms with Gasteiger partial charge >= 0.3 is 0 Å². The Morgan fingerprint density at radius 1 is 1.22 bits per heavy atom. The summed E-state index contributed by atoms with van der Waals surface area (Å²) >= 11 is 1.88. The van der Waals surface area contributed by atoms with Crippen molar-refractivity contribution in [1.82, 2.24) is 10.2 Å². The van der Waals surface area contributed by atoms with Crippen LogP contribution >= 0.6 is 11.8 Å². The summed E-state index contributed by atoms with van der Waals surface area (Å²) in [5, 5.41) is 4.07. The summed E-state index contributed by atoms with van der Waals surface area (Å²) in [5.41, 5.74) is 0. The number of thioether (sulfide) groups is 1. The molecule has 1 atom stereocenters. The van der Waals surface area contributed by atoms with Crippen LogP contribution in [0.25, 0.3) is 0 Å². The molecule has 18 heavy (non-hydrogen) atoms. The van der Waals surface area contributed by atoms with Crippen LogP contribution in [0.15, 0.2) is 0 Å². The standard InChI is InChI=1S/C14H26N2OS/c1-12-3-2-9-16(10-6-12)14(17)11-18-13-4-7-15-8-5-13/h12-13,15H,2-11H2,1H3. The smallest absolute Gasteiger partial charge is 0.232 e. The average Bonchev–Trinajstić information content (AvgIpc) is 2.62. The van der Waals surface area contributed by atoms with Gasteiger partial charge in [-0.15, -0.1) is 11.8 Å². The van der Waals surface area contributed by atoms with Crippen LogP contribution in [0.1, 0.15) is 39.0 Å². The fourth-order valence-electron chi connectivity index (χ4n) is 2.75. The zero-order chi connectivity index (χ0) is 12.8. The maximum Gasteiger partial charge on any atom is 0.232 e. The topological polar surface area (TPSA) is 32.3 Å². The highest BCUT2D eigenvalue weighted by Gasteiger charge is 2.20. The van der Waals surface area contributed by atoms with Gasteiger partial charge in [-0.1, -0.05) is 6.92 Å². The number of nitrogens with zero attached hydrogens (tertiary/aromatic N) is 1. The van der Waals surface area contributed by atoms with Crippen molar-refractivity contribution >= 4 is 17.7 Å². The van der Waals surface area contributed by atoms with E-state index in [1.807, 2.05) is 11.8 Å². The van der Waals surface area contributed by atoms with Gasteiger partial charge in [0.15, 0.2) is 0 Å². The predicted octanol–water partition coefficient (Wildman–Crippen LogP) is 2.12. The number of rotatable bonds is 3. The first-order chi connectivity index (χ1) is 8.75. The van der Waals surface area contributed by atoms with Crippen LogP contribution in [0.2, 0.25) is 0 Å². The number of carbonyl (C=O) groups is 1. The minimum Gasteiger partial charge on any atom is -0.342 e. The summed E-state index contributed by atoms with van der Waals surface area (Å²) in [6, 6.07) is 0. The number of amides is 1. The first-order valence-corrected chi connectivity index (χ1v) is 8.40. The summed E-state index contributed by atoms with van der Waals surface area (Å²) < 4.78 is 0. The third-order valence-electron chi connectivity index (χ3n) is 4.10. The molecule has 0 spiro atoms. The quantitative estimate of drug-likeness (QED) is 0.852. The van der Waals surface area contributed by atoms with E-state index >= 15 is 0 Å². The molecule has 0 aromatic heterocycles. The zero-order valence-corrected chi connectivity index (χ0v) is 12.3. The molecule has 0 aliphatic carbocycles. The van der Waals surface area contributed by atoms with Crippen molar-refractivity contribution in [1.29, 1.82) is 0 Å². The fourth-order valence-corrected chi connectivity index (χ4v) is 3.88.